The molecule has 16 heavy (non-hydrogen) atoms. The van der Waals surface area contributed by atoms with Crippen LogP contribution in [0.1, 0.15) is 37.3 Å². The summed E-state index contributed by atoms with van der Waals surface area (Å²) >= 11 is 1.62. The minimum Gasteiger partial charge on any atom is -0.465 e. The summed E-state index contributed by atoms with van der Waals surface area (Å²) in [5.41, 5.74) is 2.87. The lowest BCUT2D eigenvalue weighted by Gasteiger charge is -2.05. The summed E-state index contributed by atoms with van der Waals surface area (Å²) in [4.78, 5) is 16.7. The zero-order chi connectivity index (χ0) is 12.0. The molecule has 1 heterocycles. The number of carbonyl (C=O) groups excluding carboxylic acids is 1. The number of hydrogen-bond donors (Lipinski definition) is 0. The van der Waals surface area contributed by atoms with E-state index in [2.05, 4.69) is 18.8 Å². The fraction of sp³-hybridized carbons (Fsp3) is 0.667. The Balaban J connectivity index is 2.16. The summed E-state index contributed by atoms with van der Waals surface area (Å²) in [6.45, 7) is 6.66. The third-order valence-electron chi connectivity index (χ3n) is 2.36. The van der Waals surface area contributed by atoms with Crippen LogP contribution in [0.25, 0.3) is 0 Å². The van der Waals surface area contributed by atoms with Gasteiger partial charge in [0.15, 0.2) is 0 Å². The molecule has 0 spiro atoms. The molecule has 0 aliphatic heterocycles. The summed E-state index contributed by atoms with van der Waals surface area (Å²) in [5, 5.41) is 0. The van der Waals surface area contributed by atoms with Gasteiger partial charge in [-0.1, -0.05) is 13.8 Å². The minimum absolute atomic E-state index is 0.0872. The monoisotopic (exact) mass is 241 g/mol. The van der Waals surface area contributed by atoms with Crippen LogP contribution < -0.4 is 0 Å². The van der Waals surface area contributed by atoms with Gasteiger partial charge in [0.2, 0.25) is 0 Å². The molecule has 0 unspecified atom stereocenters. The second kappa shape index (κ2) is 6.63. The van der Waals surface area contributed by atoms with E-state index in [4.69, 9.17) is 4.74 Å². The maximum Gasteiger partial charge on any atom is 0.305 e. The SMILES string of the molecule is Cc1ncsc1CCOC(=O)CCC(C)C. The number of thiazole rings is 1. The van der Waals surface area contributed by atoms with Crippen molar-refractivity contribution in [2.24, 2.45) is 5.92 Å². The van der Waals surface area contributed by atoms with Crippen LogP contribution in [-0.4, -0.2) is 17.6 Å². The van der Waals surface area contributed by atoms with Crippen molar-refractivity contribution in [2.75, 3.05) is 6.61 Å². The first-order valence-corrected chi connectivity index (χ1v) is 6.52. The number of rotatable bonds is 6. The number of nitrogens with zero attached hydrogens (tertiary/aromatic N) is 1. The fourth-order valence-electron chi connectivity index (χ4n) is 1.30. The van der Waals surface area contributed by atoms with Crippen molar-refractivity contribution in [2.45, 2.75) is 40.0 Å². The van der Waals surface area contributed by atoms with Crippen LogP contribution in [0.15, 0.2) is 5.51 Å². The van der Waals surface area contributed by atoms with Crippen LogP contribution in [-0.2, 0) is 16.0 Å². The number of carbonyl (C=O) groups is 1. The highest BCUT2D eigenvalue weighted by molar-refractivity contribution is 7.09. The summed E-state index contributed by atoms with van der Waals surface area (Å²) < 4.78 is 5.16. The summed E-state index contributed by atoms with van der Waals surface area (Å²) in [7, 11) is 0. The molecule has 0 atom stereocenters. The molecular weight excluding hydrogens is 222 g/mol. The molecule has 0 radical (unpaired) electrons. The van der Waals surface area contributed by atoms with Gasteiger partial charge in [-0.2, -0.15) is 0 Å². The number of esters is 1. The van der Waals surface area contributed by atoms with Crippen molar-refractivity contribution in [3.8, 4) is 0 Å². The average molecular weight is 241 g/mol. The van der Waals surface area contributed by atoms with Crippen molar-refractivity contribution in [3.63, 3.8) is 0 Å². The zero-order valence-corrected chi connectivity index (χ0v) is 11.0. The molecule has 1 rings (SSSR count). The number of aromatic nitrogens is 1. The van der Waals surface area contributed by atoms with E-state index in [0.29, 0.717) is 18.9 Å². The number of aryl methyl sites for hydroxylation is 1. The third kappa shape index (κ3) is 4.75. The first-order chi connectivity index (χ1) is 7.59. The third-order valence-corrected chi connectivity index (χ3v) is 3.36. The van der Waals surface area contributed by atoms with Gasteiger partial charge in [0.05, 0.1) is 17.8 Å². The van der Waals surface area contributed by atoms with Crippen LogP contribution in [0.2, 0.25) is 0 Å². The Labute approximate surface area is 101 Å². The van der Waals surface area contributed by atoms with Crippen LogP contribution in [0.3, 0.4) is 0 Å². The van der Waals surface area contributed by atoms with Crippen molar-refractivity contribution in [1.82, 2.24) is 4.98 Å². The molecule has 0 saturated carbocycles. The Bertz CT molecular complexity index is 334. The van der Waals surface area contributed by atoms with Crippen molar-refractivity contribution in [1.29, 1.82) is 0 Å². The van der Waals surface area contributed by atoms with E-state index in [1.807, 2.05) is 12.4 Å². The predicted molar refractivity (Wildman–Crippen MR) is 65.6 cm³/mol. The Morgan fingerprint density at radius 3 is 2.88 bits per heavy atom. The molecule has 0 aliphatic carbocycles. The van der Waals surface area contributed by atoms with Crippen molar-refractivity contribution in [3.05, 3.63) is 16.1 Å². The van der Waals surface area contributed by atoms with Gasteiger partial charge in [0.1, 0.15) is 0 Å². The standard InChI is InChI=1S/C12H19NO2S/c1-9(2)4-5-12(14)15-7-6-11-10(3)13-8-16-11/h8-9H,4-7H2,1-3H3. The minimum atomic E-state index is -0.0872. The van der Waals surface area contributed by atoms with Crippen molar-refractivity contribution >= 4 is 17.3 Å². The first-order valence-electron chi connectivity index (χ1n) is 5.64. The van der Waals surface area contributed by atoms with E-state index in [9.17, 15) is 4.79 Å². The Morgan fingerprint density at radius 2 is 2.31 bits per heavy atom. The molecule has 0 N–H and O–H groups in total. The Hall–Kier alpha value is -0.900. The summed E-state index contributed by atoms with van der Waals surface area (Å²) in [6.07, 6.45) is 2.21. The molecule has 0 aromatic carbocycles. The molecule has 0 saturated heterocycles. The van der Waals surface area contributed by atoms with Gasteiger partial charge in [-0.25, -0.2) is 4.98 Å². The maximum atomic E-state index is 11.3. The van der Waals surface area contributed by atoms with Gasteiger partial charge in [-0.05, 0) is 19.3 Å². The van der Waals surface area contributed by atoms with E-state index in [0.717, 1.165) is 18.5 Å². The van der Waals surface area contributed by atoms with Gasteiger partial charge in [0.25, 0.3) is 0 Å². The Kier molecular flexibility index (Phi) is 5.46. The van der Waals surface area contributed by atoms with Crippen LogP contribution >= 0.6 is 11.3 Å². The van der Waals surface area contributed by atoms with Gasteiger partial charge in [-0.3, -0.25) is 4.79 Å². The van der Waals surface area contributed by atoms with Crippen LogP contribution in [0, 0.1) is 12.8 Å². The van der Waals surface area contributed by atoms with Crippen molar-refractivity contribution < 1.29 is 9.53 Å². The average Bonchev–Trinajstić information content (AvgIpc) is 2.61. The molecule has 90 valence electrons. The second-order valence-corrected chi connectivity index (χ2v) is 5.20. The molecule has 4 heteroatoms. The molecule has 0 amide bonds. The summed E-state index contributed by atoms with van der Waals surface area (Å²) in [5.74, 6) is 0.465. The molecular formula is C12H19NO2S. The van der Waals surface area contributed by atoms with Gasteiger partial charge in [0, 0.05) is 17.7 Å². The molecule has 0 bridgehead atoms. The van der Waals surface area contributed by atoms with Gasteiger partial charge >= 0.3 is 5.97 Å². The largest absolute Gasteiger partial charge is 0.465 e. The lowest BCUT2D eigenvalue weighted by molar-refractivity contribution is -0.143. The lowest BCUT2D eigenvalue weighted by Crippen LogP contribution is -2.08. The smallest absolute Gasteiger partial charge is 0.305 e. The predicted octanol–water partition coefficient (Wildman–Crippen LogP) is 2.97. The van der Waals surface area contributed by atoms with Gasteiger partial charge < -0.3 is 4.74 Å². The van der Waals surface area contributed by atoms with E-state index >= 15 is 0 Å². The normalized spacial score (nSPS) is 10.8. The van der Waals surface area contributed by atoms with E-state index in [1.165, 1.54) is 4.88 Å². The van der Waals surface area contributed by atoms with E-state index in [1.54, 1.807) is 11.3 Å². The van der Waals surface area contributed by atoms with Crippen LogP contribution in [0.4, 0.5) is 0 Å². The van der Waals surface area contributed by atoms with E-state index in [-0.39, 0.29) is 5.97 Å². The second-order valence-electron chi connectivity index (χ2n) is 4.26. The number of ether oxygens (including phenoxy) is 1. The quantitative estimate of drug-likeness (QED) is 0.719. The highest BCUT2D eigenvalue weighted by Crippen LogP contribution is 2.13. The Morgan fingerprint density at radius 1 is 1.56 bits per heavy atom. The number of hydrogen-bond acceptors (Lipinski definition) is 4. The lowest BCUT2D eigenvalue weighted by atomic mass is 10.1. The maximum absolute atomic E-state index is 11.3. The first kappa shape index (κ1) is 13.2. The zero-order valence-electron chi connectivity index (χ0n) is 10.2. The van der Waals surface area contributed by atoms with E-state index < -0.39 is 0 Å². The summed E-state index contributed by atoms with van der Waals surface area (Å²) in [6, 6.07) is 0. The molecule has 1 aromatic heterocycles. The highest BCUT2D eigenvalue weighted by atomic mass is 32.1. The molecule has 0 aliphatic rings. The molecule has 1 aromatic rings. The molecule has 0 fully saturated rings. The van der Waals surface area contributed by atoms with Crippen LogP contribution in [0.5, 0.6) is 0 Å². The highest BCUT2D eigenvalue weighted by Gasteiger charge is 2.06. The fourth-order valence-corrected chi connectivity index (χ4v) is 2.06. The topological polar surface area (TPSA) is 39.2 Å². The van der Waals surface area contributed by atoms with Gasteiger partial charge in [-0.15, -0.1) is 11.3 Å². The molecule has 3 nitrogen and oxygen atoms in total.